The molecule has 2 aliphatic heterocycles. The molecule has 8 nitrogen and oxygen atoms in total. The molecule has 2 fully saturated rings. The molecule has 0 atom stereocenters. The highest BCUT2D eigenvalue weighted by atomic mass is 19.1. The molecular formula is C22H31FN6O2. The topological polar surface area (TPSA) is 69.4 Å². The monoisotopic (exact) mass is 430 g/mol. The van der Waals surface area contributed by atoms with E-state index in [1.807, 2.05) is 23.1 Å². The number of nitrogens with zero attached hydrogens (tertiary/aromatic N) is 5. The van der Waals surface area contributed by atoms with Crippen LogP contribution in [-0.4, -0.2) is 79.9 Å². The Bertz CT molecular complexity index is 846. The van der Waals surface area contributed by atoms with Crippen molar-refractivity contribution in [2.45, 2.75) is 20.0 Å². The first-order chi connectivity index (χ1) is 15.2. The fraction of sp³-hybridized carbons (Fsp3) is 0.545. The van der Waals surface area contributed by atoms with E-state index < -0.39 is 0 Å². The van der Waals surface area contributed by atoms with Crippen molar-refractivity contribution in [2.75, 3.05) is 63.9 Å². The molecule has 31 heavy (non-hydrogen) atoms. The van der Waals surface area contributed by atoms with E-state index in [1.54, 1.807) is 12.3 Å². The normalized spacial score (nSPS) is 18.5. The number of ether oxygens (including phenoxy) is 1. The van der Waals surface area contributed by atoms with Gasteiger partial charge in [-0.25, -0.2) is 9.38 Å². The molecule has 0 unspecified atom stereocenters. The van der Waals surface area contributed by atoms with E-state index in [0.717, 1.165) is 69.6 Å². The van der Waals surface area contributed by atoms with Crippen LogP contribution in [0.5, 0.6) is 0 Å². The fourth-order valence-electron chi connectivity index (χ4n) is 3.97. The molecule has 1 aromatic carbocycles. The number of hydrogen-bond acceptors (Lipinski definition) is 6. The van der Waals surface area contributed by atoms with E-state index in [0.29, 0.717) is 25.4 Å². The highest BCUT2D eigenvalue weighted by molar-refractivity contribution is 5.80. The predicted molar refractivity (Wildman–Crippen MR) is 118 cm³/mol. The summed E-state index contributed by atoms with van der Waals surface area (Å²) >= 11 is 0. The van der Waals surface area contributed by atoms with Crippen LogP contribution < -0.4 is 10.2 Å². The number of morpholine rings is 1. The van der Waals surface area contributed by atoms with Crippen LogP contribution in [0.1, 0.15) is 18.2 Å². The second kappa shape index (κ2) is 10.6. The highest BCUT2D eigenvalue weighted by Crippen LogP contribution is 2.22. The van der Waals surface area contributed by atoms with Gasteiger partial charge in [-0.3, -0.25) is 4.90 Å². The number of anilines is 1. The summed E-state index contributed by atoms with van der Waals surface area (Å²) in [6.45, 7) is 10.5. The highest BCUT2D eigenvalue weighted by Gasteiger charge is 2.20. The number of rotatable bonds is 6. The minimum Gasteiger partial charge on any atom is -0.378 e. The Kier molecular flexibility index (Phi) is 7.37. The maximum Gasteiger partial charge on any atom is 0.194 e. The van der Waals surface area contributed by atoms with Crippen molar-refractivity contribution in [3.63, 3.8) is 0 Å². The van der Waals surface area contributed by atoms with E-state index >= 15 is 0 Å². The lowest BCUT2D eigenvalue weighted by molar-refractivity contribution is 0.122. The SMILES string of the molecule is CCNC(=NCc1ccc(N2CCOCC2)c(F)c1)N1CCN(Cc2ccon2)CC1. The van der Waals surface area contributed by atoms with Gasteiger partial charge in [0, 0.05) is 58.4 Å². The van der Waals surface area contributed by atoms with Crippen LogP contribution >= 0.6 is 0 Å². The van der Waals surface area contributed by atoms with Crippen molar-refractivity contribution in [3.8, 4) is 0 Å². The van der Waals surface area contributed by atoms with Gasteiger partial charge < -0.3 is 24.4 Å². The Balaban J connectivity index is 1.35. The number of guanidine groups is 1. The Morgan fingerprint density at radius 2 is 1.94 bits per heavy atom. The van der Waals surface area contributed by atoms with Gasteiger partial charge in [-0.05, 0) is 24.6 Å². The Morgan fingerprint density at radius 1 is 1.13 bits per heavy atom. The van der Waals surface area contributed by atoms with E-state index in [2.05, 4.69) is 27.2 Å². The van der Waals surface area contributed by atoms with Crippen LogP contribution in [0.25, 0.3) is 0 Å². The molecule has 0 aliphatic carbocycles. The first kappa shape index (κ1) is 21.6. The predicted octanol–water partition coefficient (Wildman–Crippen LogP) is 1.93. The molecule has 2 aromatic rings. The average Bonchev–Trinajstić information content (AvgIpc) is 3.31. The van der Waals surface area contributed by atoms with E-state index in [-0.39, 0.29) is 5.82 Å². The zero-order valence-electron chi connectivity index (χ0n) is 18.1. The molecule has 2 saturated heterocycles. The first-order valence-electron chi connectivity index (χ1n) is 11.0. The van der Waals surface area contributed by atoms with Crippen molar-refractivity contribution >= 4 is 11.6 Å². The lowest BCUT2D eigenvalue weighted by Crippen LogP contribution is -2.52. The van der Waals surface area contributed by atoms with Crippen molar-refractivity contribution in [2.24, 2.45) is 4.99 Å². The lowest BCUT2D eigenvalue weighted by Gasteiger charge is -2.36. The number of hydrogen-bond donors (Lipinski definition) is 1. The summed E-state index contributed by atoms with van der Waals surface area (Å²) in [6.07, 6.45) is 1.61. The molecule has 0 bridgehead atoms. The minimum atomic E-state index is -0.193. The summed E-state index contributed by atoms with van der Waals surface area (Å²) in [5, 5.41) is 7.37. The van der Waals surface area contributed by atoms with Gasteiger partial charge in [0.05, 0.1) is 31.1 Å². The van der Waals surface area contributed by atoms with Crippen LogP contribution in [0.3, 0.4) is 0 Å². The molecule has 1 N–H and O–H groups in total. The molecule has 4 rings (SSSR count). The van der Waals surface area contributed by atoms with Gasteiger partial charge in [-0.15, -0.1) is 0 Å². The van der Waals surface area contributed by atoms with Crippen LogP contribution in [0.4, 0.5) is 10.1 Å². The van der Waals surface area contributed by atoms with Crippen molar-refractivity contribution in [3.05, 3.63) is 47.6 Å². The van der Waals surface area contributed by atoms with Gasteiger partial charge in [0.1, 0.15) is 12.1 Å². The van der Waals surface area contributed by atoms with Gasteiger partial charge >= 0.3 is 0 Å². The summed E-state index contributed by atoms with van der Waals surface area (Å²) in [6, 6.07) is 7.34. The average molecular weight is 431 g/mol. The Hall–Kier alpha value is -2.65. The van der Waals surface area contributed by atoms with Gasteiger partial charge in [0.25, 0.3) is 0 Å². The summed E-state index contributed by atoms with van der Waals surface area (Å²) in [4.78, 5) is 11.4. The summed E-state index contributed by atoms with van der Waals surface area (Å²) < 4.78 is 25.0. The molecule has 0 radical (unpaired) electrons. The molecule has 3 heterocycles. The number of benzene rings is 1. The fourth-order valence-corrected chi connectivity index (χ4v) is 3.97. The standard InChI is InChI=1S/C22H31FN6O2/c1-2-24-22(29-8-6-27(7-9-29)17-19-5-12-31-26-19)25-16-18-3-4-21(20(23)15-18)28-10-13-30-14-11-28/h3-5,12,15H,2,6-11,13-14,16-17H2,1H3,(H,24,25). The van der Waals surface area contributed by atoms with E-state index in [1.165, 1.54) is 0 Å². The van der Waals surface area contributed by atoms with Crippen LogP contribution in [0, 0.1) is 5.82 Å². The van der Waals surface area contributed by atoms with Gasteiger partial charge in [-0.2, -0.15) is 0 Å². The third kappa shape index (κ3) is 5.74. The molecule has 0 amide bonds. The van der Waals surface area contributed by atoms with Crippen LogP contribution in [-0.2, 0) is 17.8 Å². The van der Waals surface area contributed by atoms with Crippen LogP contribution in [0.2, 0.25) is 0 Å². The maximum absolute atomic E-state index is 14.7. The van der Waals surface area contributed by atoms with Gasteiger partial charge in [-0.1, -0.05) is 11.2 Å². The van der Waals surface area contributed by atoms with Gasteiger partial charge in [0.15, 0.2) is 5.96 Å². The molecule has 168 valence electrons. The Morgan fingerprint density at radius 3 is 2.61 bits per heavy atom. The smallest absolute Gasteiger partial charge is 0.194 e. The number of aliphatic imine (C=N–C) groups is 1. The molecular weight excluding hydrogens is 399 g/mol. The second-order valence-corrected chi connectivity index (χ2v) is 7.81. The molecule has 0 saturated carbocycles. The van der Waals surface area contributed by atoms with E-state index in [9.17, 15) is 4.39 Å². The third-order valence-corrected chi connectivity index (χ3v) is 5.66. The van der Waals surface area contributed by atoms with Crippen molar-refractivity contribution in [1.82, 2.24) is 20.3 Å². The number of nitrogens with one attached hydrogen (secondary N) is 1. The van der Waals surface area contributed by atoms with E-state index in [4.69, 9.17) is 14.3 Å². The molecule has 2 aliphatic rings. The number of halogens is 1. The molecule has 9 heteroatoms. The number of piperazine rings is 1. The minimum absolute atomic E-state index is 0.193. The Labute approximate surface area is 182 Å². The third-order valence-electron chi connectivity index (χ3n) is 5.66. The van der Waals surface area contributed by atoms with Crippen molar-refractivity contribution in [1.29, 1.82) is 0 Å². The zero-order valence-corrected chi connectivity index (χ0v) is 18.1. The summed E-state index contributed by atoms with van der Waals surface area (Å²) in [5.74, 6) is 0.683. The summed E-state index contributed by atoms with van der Waals surface area (Å²) in [7, 11) is 0. The molecule has 1 aromatic heterocycles. The second-order valence-electron chi connectivity index (χ2n) is 7.81. The molecule has 0 spiro atoms. The van der Waals surface area contributed by atoms with Crippen molar-refractivity contribution < 1.29 is 13.7 Å². The summed E-state index contributed by atoms with van der Waals surface area (Å²) in [5.41, 5.74) is 2.47. The lowest BCUT2D eigenvalue weighted by atomic mass is 10.1. The first-order valence-corrected chi connectivity index (χ1v) is 11.0. The zero-order chi connectivity index (χ0) is 21.5. The number of aromatic nitrogens is 1. The largest absolute Gasteiger partial charge is 0.378 e. The maximum atomic E-state index is 14.7. The van der Waals surface area contributed by atoms with Crippen LogP contribution in [0.15, 0.2) is 40.0 Å². The quantitative estimate of drug-likeness (QED) is 0.555. The van der Waals surface area contributed by atoms with Gasteiger partial charge in [0.2, 0.25) is 0 Å².